The van der Waals surface area contributed by atoms with Crippen LogP contribution in [-0.2, 0) is 9.59 Å². The number of nitrogens with zero attached hydrogens (tertiary/aromatic N) is 1. The summed E-state index contributed by atoms with van der Waals surface area (Å²) in [5.74, 6) is 2.29. The maximum absolute atomic E-state index is 12.0. The minimum absolute atomic E-state index is 0.0459. The predicted octanol–water partition coefficient (Wildman–Crippen LogP) is 0.387. The Balaban J connectivity index is 2.52. The number of carbonyl (C=O) groups is 2. The van der Waals surface area contributed by atoms with Gasteiger partial charge < -0.3 is 10.2 Å². The summed E-state index contributed by atoms with van der Waals surface area (Å²) in [5, 5.41) is 2.70. The lowest BCUT2D eigenvalue weighted by Crippen LogP contribution is -2.48. The smallest absolute Gasteiger partial charge is 0.246 e. The number of thioether (sulfide) groups is 2. The number of amides is 2. The van der Waals surface area contributed by atoms with Gasteiger partial charge in [-0.05, 0) is 6.26 Å². The zero-order chi connectivity index (χ0) is 11.3. The highest BCUT2D eigenvalue weighted by Gasteiger charge is 2.26. The Hall–Kier alpha value is -0.360. The number of nitrogens with one attached hydrogen (secondary N) is 1. The monoisotopic (exact) mass is 248 g/mol. The number of hydrogen-bond acceptors (Lipinski definition) is 4. The van der Waals surface area contributed by atoms with E-state index in [1.54, 1.807) is 23.5 Å². The maximum atomic E-state index is 12.0. The first-order valence-corrected chi connectivity index (χ1v) is 7.32. The third kappa shape index (κ3) is 3.95. The van der Waals surface area contributed by atoms with E-state index in [0.29, 0.717) is 5.75 Å². The summed E-state index contributed by atoms with van der Waals surface area (Å²) in [6.45, 7) is 2.24. The largest absolute Gasteiger partial charge is 0.344 e. The van der Waals surface area contributed by atoms with Crippen molar-refractivity contribution in [2.45, 2.75) is 13.0 Å². The van der Waals surface area contributed by atoms with Crippen LogP contribution < -0.4 is 5.32 Å². The molecule has 1 saturated heterocycles. The predicted molar refractivity (Wildman–Crippen MR) is 65.0 cm³/mol. The van der Waals surface area contributed by atoms with Crippen LogP contribution in [0.3, 0.4) is 0 Å². The summed E-state index contributed by atoms with van der Waals surface area (Å²) >= 11 is 3.32. The van der Waals surface area contributed by atoms with Crippen LogP contribution in [-0.4, -0.2) is 52.9 Å². The summed E-state index contributed by atoms with van der Waals surface area (Å²) in [6, 6.07) is -0.365. The van der Waals surface area contributed by atoms with Crippen LogP contribution in [0.15, 0.2) is 0 Å². The van der Waals surface area contributed by atoms with Gasteiger partial charge in [0, 0.05) is 25.0 Å². The molecule has 1 atom stereocenters. The van der Waals surface area contributed by atoms with Crippen molar-refractivity contribution in [2.24, 2.45) is 0 Å². The molecule has 0 spiro atoms. The lowest BCUT2D eigenvalue weighted by atomic mass is 10.3. The molecule has 2 amide bonds. The van der Waals surface area contributed by atoms with E-state index in [2.05, 4.69) is 5.32 Å². The summed E-state index contributed by atoms with van der Waals surface area (Å²) in [4.78, 5) is 24.7. The highest BCUT2D eigenvalue weighted by atomic mass is 32.2. The van der Waals surface area contributed by atoms with Crippen molar-refractivity contribution in [1.82, 2.24) is 10.2 Å². The Morgan fingerprint density at radius 3 is 2.80 bits per heavy atom. The zero-order valence-electron chi connectivity index (χ0n) is 8.99. The standard InChI is InChI=1S/C9H16N2O2S2/c1-7(12)10-8(5-14-2)9(13)11-3-4-15-6-11/h8H,3-6H2,1-2H3,(H,10,12). The quantitative estimate of drug-likeness (QED) is 0.782. The fraction of sp³-hybridized carbons (Fsp3) is 0.778. The second-order valence-electron chi connectivity index (χ2n) is 3.35. The van der Waals surface area contributed by atoms with E-state index in [1.807, 2.05) is 11.2 Å². The molecule has 6 heteroatoms. The molecule has 0 saturated carbocycles. The maximum Gasteiger partial charge on any atom is 0.246 e. The molecule has 0 aromatic rings. The van der Waals surface area contributed by atoms with E-state index in [4.69, 9.17) is 0 Å². The van der Waals surface area contributed by atoms with E-state index in [0.717, 1.165) is 18.2 Å². The molecule has 86 valence electrons. The van der Waals surface area contributed by atoms with Gasteiger partial charge in [0.2, 0.25) is 11.8 Å². The van der Waals surface area contributed by atoms with Gasteiger partial charge in [-0.3, -0.25) is 9.59 Å². The first-order chi connectivity index (χ1) is 7.15. The van der Waals surface area contributed by atoms with E-state index < -0.39 is 0 Å². The molecule has 1 rings (SSSR count). The van der Waals surface area contributed by atoms with Crippen LogP contribution in [0.5, 0.6) is 0 Å². The van der Waals surface area contributed by atoms with Crippen LogP contribution in [0.25, 0.3) is 0 Å². The van der Waals surface area contributed by atoms with Gasteiger partial charge in [-0.1, -0.05) is 0 Å². The average molecular weight is 248 g/mol. The molecule has 1 aliphatic heterocycles. The lowest BCUT2D eigenvalue weighted by Gasteiger charge is -2.22. The summed E-state index contributed by atoms with van der Waals surface area (Å²) < 4.78 is 0. The topological polar surface area (TPSA) is 49.4 Å². The number of hydrogen-bond donors (Lipinski definition) is 1. The average Bonchev–Trinajstić information content (AvgIpc) is 2.68. The summed E-state index contributed by atoms with van der Waals surface area (Å²) in [7, 11) is 0. The fourth-order valence-electron chi connectivity index (χ4n) is 1.39. The van der Waals surface area contributed by atoms with Crippen LogP contribution in [0.1, 0.15) is 6.92 Å². The minimum Gasteiger partial charge on any atom is -0.344 e. The van der Waals surface area contributed by atoms with E-state index in [-0.39, 0.29) is 17.9 Å². The van der Waals surface area contributed by atoms with Gasteiger partial charge in [-0.15, -0.1) is 11.8 Å². The molecule has 0 radical (unpaired) electrons. The van der Waals surface area contributed by atoms with Gasteiger partial charge in [0.1, 0.15) is 6.04 Å². The normalized spacial score (nSPS) is 17.6. The van der Waals surface area contributed by atoms with Gasteiger partial charge in [0.15, 0.2) is 0 Å². The van der Waals surface area contributed by atoms with Crippen molar-refractivity contribution in [3.05, 3.63) is 0 Å². The van der Waals surface area contributed by atoms with Gasteiger partial charge in [0.25, 0.3) is 0 Å². The van der Waals surface area contributed by atoms with Crippen molar-refractivity contribution >= 4 is 35.3 Å². The molecule has 1 aliphatic rings. The Morgan fingerprint density at radius 2 is 2.33 bits per heavy atom. The second-order valence-corrected chi connectivity index (χ2v) is 5.33. The molecular formula is C9H16N2O2S2. The van der Waals surface area contributed by atoms with Gasteiger partial charge in [0.05, 0.1) is 5.88 Å². The molecule has 0 aliphatic carbocycles. The number of carbonyl (C=O) groups excluding carboxylic acids is 2. The van der Waals surface area contributed by atoms with Gasteiger partial charge in [-0.25, -0.2) is 0 Å². The molecule has 15 heavy (non-hydrogen) atoms. The molecular weight excluding hydrogens is 232 g/mol. The minimum atomic E-state index is -0.365. The highest BCUT2D eigenvalue weighted by Crippen LogP contribution is 2.15. The van der Waals surface area contributed by atoms with Crippen molar-refractivity contribution in [3.8, 4) is 0 Å². The third-order valence-corrected chi connectivity index (χ3v) is 3.71. The molecule has 1 N–H and O–H groups in total. The van der Waals surface area contributed by atoms with Crippen molar-refractivity contribution in [3.63, 3.8) is 0 Å². The first-order valence-electron chi connectivity index (χ1n) is 4.77. The van der Waals surface area contributed by atoms with E-state index >= 15 is 0 Å². The van der Waals surface area contributed by atoms with Crippen LogP contribution in [0.2, 0.25) is 0 Å². The van der Waals surface area contributed by atoms with Crippen molar-refractivity contribution in [2.75, 3.05) is 30.2 Å². The van der Waals surface area contributed by atoms with Gasteiger partial charge in [-0.2, -0.15) is 11.8 Å². The number of rotatable bonds is 4. The van der Waals surface area contributed by atoms with Crippen LogP contribution in [0.4, 0.5) is 0 Å². The van der Waals surface area contributed by atoms with Crippen LogP contribution >= 0.6 is 23.5 Å². The van der Waals surface area contributed by atoms with Crippen molar-refractivity contribution in [1.29, 1.82) is 0 Å². The molecule has 1 fully saturated rings. The fourth-order valence-corrected chi connectivity index (χ4v) is 2.91. The van der Waals surface area contributed by atoms with Gasteiger partial charge >= 0.3 is 0 Å². The molecule has 0 bridgehead atoms. The Morgan fingerprint density at radius 1 is 1.60 bits per heavy atom. The Labute approximate surface area is 98.5 Å². The third-order valence-electron chi connectivity index (χ3n) is 2.07. The molecule has 0 aromatic carbocycles. The molecule has 1 heterocycles. The first kappa shape index (κ1) is 12.7. The lowest BCUT2D eigenvalue weighted by molar-refractivity contribution is -0.134. The second kappa shape index (κ2) is 6.27. The Bertz CT molecular complexity index is 242. The molecule has 4 nitrogen and oxygen atoms in total. The zero-order valence-corrected chi connectivity index (χ0v) is 10.6. The molecule has 1 unspecified atom stereocenters. The molecule has 0 aromatic heterocycles. The Kier molecular flexibility index (Phi) is 5.31. The van der Waals surface area contributed by atoms with E-state index in [1.165, 1.54) is 6.92 Å². The van der Waals surface area contributed by atoms with E-state index in [9.17, 15) is 9.59 Å². The summed E-state index contributed by atoms with van der Waals surface area (Å²) in [5.41, 5.74) is 0. The summed E-state index contributed by atoms with van der Waals surface area (Å²) in [6.07, 6.45) is 1.93. The van der Waals surface area contributed by atoms with Crippen molar-refractivity contribution < 1.29 is 9.59 Å². The van der Waals surface area contributed by atoms with Crippen LogP contribution in [0, 0.1) is 0 Å². The highest BCUT2D eigenvalue weighted by molar-refractivity contribution is 7.99. The SMILES string of the molecule is CSCC(NC(C)=O)C(=O)N1CCSC1.